The highest BCUT2D eigenvalue weighted by Crippen LogP contribution is 2.42. The molecule has 1 N–H and O–H groups in total. The Kier molecular flexibility index (Phi) is 8.42. The van der Waals surface area contributed by atoms with Gasteiger partial charge in [-0.05, 0) is 62.0 Å². The quantitative estimate of drug-likeness (QED) is 0.272. The monoisotopic (exact) mass is 628 g/mol. The largest absolute Gasteiger partial charge is 0.488 e. The van der Waals surface area contributed by atoms with Crippen molar-refractivity contribution in [3.05, 3.63) is 75.8 Å². The van der Waals surface area contributed by atoms with Crippen molar-refractivity contribution < 1.29 is 44.2 Å². The Hall–Kier alpha value is -2.87. The Morgan fingerprint density at radius 3 is 2.10 bits per heavy atom. The van der Waals surface area contributed by atoms with Crippen LogP contribution in [0.5, 0.6) is 17.2 Å². The van der Waals surface area contributed by atoms with Crippen molar-refractivity contribution in [2.24, 2.45) is 0 Å². The fourth-order valence-corrected chi connectivity index (χ4v) is 5.58. The Morgan fingerprint density at radius 2 is 1.52 bits per heavy atom. The van der Waals surface area contributed by atoms with Crippen molar-refractivity contribution in [3.63, 3.8) is 0 Å². The van der Waals surface area contributed by atoms with Crippen LogP contribution in [0, 0.1) is 0 Å². The molecule has 1 aliphatic rings. The summed E-state index contributed by atoms with van der Waals surface area (Å²) in [5.74, 6) is -1.45. The number of nitrogens with zero attached hydrogens (tertiary/aromatic N) is 1. The molecule has 0 saturated carbocycles. The average Bonchev–Trinajstić information content (AvgIpc) is 3.21. The van der Waals surface area contributed by atoms with Crippen LogP contribution in [-0.4, -0.2) is 39.6 Å². The SMILES string of the molecule is CN1CCC(Oc2cc(NS(=O)(=O)c3ccc(Oc4cc(Cl)cc(Cl)c4)c(C(F)(F)F)c3)ccc2C(F)(F)F)C1. The van der Waals surface area contributed by atoms with Crippen LogP contribution >= 0.6 is 23.2 Å². The zero-order chi connectivity index (χ0) is 29.5. The van der Waals surface area contributed by atoms with Crippen LogP contribution in [0.25, 0.3) is 0 Å². The molecule has 0 radical (unpaired) electrons. The summed E-state index contributed by atoms with van der Waals surface area (Å²) in [6.45, 7) is 0.965. The molecule has 0 aromatic heterocycles. The fourth-order valence-electron chi connectivity index (χ4n) is 4.00. The molecule has 4 rings (SSSR count). The third-order valence-electron chi connectivity index (χ3n) is 5.81. The Balaban J connectivity index is 1.65. The van der Waals surface area contributed by atoms with E-state index in [0.717, 1.165) is 24.3 Å². The molecule has 3 aromatic rings. The van der Waals surface area contributed by atoms with Crippen molar-refractivity contribution in [1.82, 2.24) is 4.90 Å². The van der Waals surface area contributed by atoms with E-state index in [0.29, 0.717) is 31.6 Å². The molecule has 1 fully saturated rings. The second kappa shape index (κ2) is 11.2. The first-order valence-corrected chi connectivity index (χ1v) is 13.7. The molecule has 6 nitrogen and oxygen atoms in total. The molecule has 0 spiro atoms. The summed E-state index contributed by atoms with van der Waals surface area (Å²) < 4.78 is 121. The Morgan fingerprint density at radius 1 is 0.875 bits per heavy atom. The zero-order valence-corrected chi connectivity index (χ0v) is 22.7. The third kappa shape index (κ3) is 7.25. The molecule has 1 heterocycles. The van der Waals surface area contributed by atoms with Crippen LogP contribution in [0.2, 0.25) is 10.0 Å². The summed E-state index contributed by atoms with van der Waals surface area (Å²) in [6, 6.07) is 8.11. The van der Waals surface area contributed by atoms with E-state index < -0.39 is 56.0 Å². The van der Waals surface area contributed by atoms with E-state index in [-0.39, 0.29) is 21.5 Å². The lowest BCUT2D eigenvalue weighted by molar-refractivity contribution is -0.139. The maximum absolute atomic E-state index is 13.9. The fraction of sp³-hybridized carbons (Fsp3) is 0.280. The minimum Gasteiger partial charge on any atom is -0.488 e. The van der Waals surface area contributed by atoms with Crippen LogP contribution < -0.4 is 14.2 Å². The predicted molar refractivity (Wildman–Crippen MR) is 137 cm³/mol. The number of halogens is 8. The van der Waals surface area contributed by atoms with Gasteiger partial charge in [-0.3, -0.25) is 4.72 Å². The molecule has 1 unspecified atom stereocenters. The normalized spacial score (nSPS) is 16.7. The first-order chi connectivity index (χ1) is 18.5. The number of nitrogens with one attached hydrogen (secondary N) is 1. The van der Waals surface area contributed by atoms with Crippen molar-refractivity contribution in [2.45, 2.75) is 29.8 Å². The molecule has 0 aliphatic carbocycles. The maximum atomic E-state index is 13.9. The number of hydrogen-bond donors (Lipinski definition) is 1. The Bertz CT molecular complexity index is 1500. The highest BCUT2D eigenvalue weighted by atomic mass is 35.5. The van der Waals surface area contributed by atoms with E-state index in [1.54, 1.807) is 7.05 Å². The molecule has 0 amide bonds. The topological polar surface area (TPSA) is 67.9 Å². The molecule has 1 saturated heterocycles. The lowest BCUT2D eigenvalue weighted by atomic mass is 10.1. The molecule has 1 aliphatic heterocycles. The van der Waals surface area contributed by atoms with Gasteiger partial charge in [0, 0.05) is 29.2 Å². The van der Waals surface area contributed by atoms with Gasteiger partial charge in [0.15, 0.2) is 0 Å². The number of likely N-dealkylation sites (N-methyl/N-ethyl adjacent to an activating group) is 1. The molecule has 1 atom stereocenters. The van der Waals surface area contributed by atoms with Gasteiger partial charge in [0.05, 0.1) is 21.7 Å². The number of rotatable bonds is 7. The highest BCUT2D eigenvalue weighted by Gasteiger charge is 2.37. The van der Waals surface area contributed by atoms with E-state index in [2.05, 4.69) is 0 Å². The number of ether oxygens (including phenoxy) is 2. The van der Waals surface area contributed by atoms with Crippen LogP contribution in [0.4, 0.5) is 32.0 Å². The number of likely N-dealkylation sites (tertiary alicyclic amines) is 1. The summed E-state index contributed by atoms with van der Waals surface area (Å²) in [5, 5.41) is 0.193. The van der Waals surface area contributed by atoms with E-state index in [9.17, 15) is 34.8 Å². The van der Waals surface area contributed by atoms with Crippen molar-refractivity contribution >= 4 is 38.9 Å². The van der Waals surface area contributed by atoms with Gasteiger partial charge >= 0.3 is 12.4 Å². The van der Waals surface area contributed by atoms with Gasteiger partial charge in [-0.2, -0.15) is 26.3 Å². The highest BCUT2D eigenvalue weighted by molar-refractivity contribution is 7.92. The number of sulfonamides is 1. The first kappa shape index (κ1) is 30.1. The second-order valence-electron chi connectivity index (χ2n) is 8.97. The Labute approximate surface area is 235 Å². The van der Waals surface area contributed by atoms with Crippen LogP contribution in [0.3, 0.4) is 0 Å². The van der Waals surface area contributed by atoms with Crippen LogP contribution in [0.15, 0.2) is 59.5 Å². The molecule has 3 aromatic carbocycles. The first-order valence-electron chi connectivity index (χ1n) is 11.5. The number of anilines is 1. The predicted octanol–water partition coefficient (Wildman–Crippen LogP) is 7.71. The van der Waals surface area contributed by atoms with E-state index >= 15 is 0 Å². The van der Waals surface area contributed by atoms with Gasteiger partial charge in [-0.15, -0.1) is 0 Å². The maximum Gasteiger partial charge on any atom is 0.420 e. The minimum absolute atomic E-state index is 0.0966. The lowest BCUT2D eigenvalue weighted by Crippen LogP contribution is -2.23. The average molecular weight is 629 g/mol. The third-order valence-corrected chi connectivity index (χ3v) is 7.63. The molecule has 216 valence electrons. The summed E-state index contributed by atoms with van der Waals surface area (Å²) >= 11 is 11.7. The number of hydrogen-bond acceptors (Lipinski definition) is 5. The standard InChI is InChI=1S/C25H20Cl2F6N2O4S/c1-35-7-6-17(13-35)38-23-11-16(2-4-20(23)24(28,29)30)34-40(36,37)19-3-5-22(21(12-19)25(31,32)33)39-18-9-14(26)8-15(27)10-18/h2-5,8-12,17,34H,6-7,13H2,1H3. The summed E-state index contributed by atoms with van der Waals surface area (Å²) in [6.07, 6.45) is -9.93. The molecule has 0 bridgehead atoms. The van der Waals surface area contributed by atoms with Crippen molar-refractivity contribution in [2.75, 3.05) is 24.9 Å². The van der Waals surface area contributed by atoms with E-state index in [4.69, 9.17) is 32.7 Å². The van der Waals surface area contributed by atoms with Crippen molar-refractivity contribution in [1.29, 1.82) is 0 Å². The lowest BCUT2D eigenvalue weighted by Gasteiger charge is -2.20. The second-order valence-corrected chi connectivity index (χ2v) is 11.5. The van der Waals surface area contributed by atoms with Gasteiger partial charge in [0.2, 0.25) is 0 Å². The number of benzene rings is 3. The minimum atomic E-state index is -5.03. The van der Waals surface area contributed by atoms with Gasteiger partial charge < -0.3 is 14.4 Å². The van der Waals surface area contributed by atoms with Crippen LogP contribution in [-0.2, 0) is 22.4 Å². The van der Waals surface area contributed by atoms with Gasteiger partial charge in [0.25, 0.3) is 10.0 Å². The molecular formula is C25H20Cl2F6N2O4S. The molecular weight excluding hydrogens is 609 g/mol. The van der Waals surface area contributed by atoms with Crippen LogP contribution in [0.1, 0.15) is 17.5 Å². The number of alkyl halides is 6. The van der Waals surface area contributed by atoms with E-state index in [1.807, 2.05) is 9.62 Å². The summed E-state index contributed by atoms with van der Waals surface area (Å²) in [4.78, 5) is 1.05. The summed E-state index contributed by atoms with van der Waals surface area (Å²) in [5.41, 5.74) is -2.88. The zero-order valence-electron chi connectivity index (χ0n) is 20.4. The molecule has 15 heteroatoms. The smallest absolute Gasteiger partial charge is 0.420 e. The van der Waals surface area contributed by atoms with Gasteiger partial charge in [-0.1, -0.05) is 23.2 Å². The van der Waals surface area contributed by atoms with Crippen molar-refractivity contribution in [3.8, 4) is 17.2 Å². The van der Waals surface area contributed by atoms with Gasteiger partial charge in [-0.25, -0.2) is 8.42 Å². The molecule has 40 heavy (non-hydrogen) atoms. The summed E-state index contributed by atoms with van der Waals surface area (Å²) in [7, 11) is -2.92. The van der Waals surface area contributed by atoms with E-state index in [1.165, 1.54) is 18.2 Å². The van der Waals surface area contributed by atoms with Gasteiger partial charge in [0.1, 0.15) is 23.4 Å².